The molecule has 0 spiro atoms. The largest absolute Gasteiger partial charge is 0.493 e. The third-order valence-electron chi connectivity index (χ3n) is 5.01. The monoisotopic (exact) mass is 413 g/mol. The van der Waals surface area contributed by atoms with Crippen LogP contribution in [0.5, 0.6) is 17.2 Å². The molecule has 0 bridgehead atoms. The van der Waals surface area contributed by atoms with E-state index in [-0.39, 0.29) is 18.2 Å². The van der Waals surface area contributed by atoms with E-state index in [1.165, 1.54) is 0 Å². The number of methoxy groups -OCH3 is 3. The molecule has 150 valence electrons. The average molecular weight is 414 g/mol. The maximum atomic E-state index is 12.6. The molecule has 2 heterocycles. The Morgan fingerprint density at radius 2 is 1.79 bits per heavy atom. The number of amides is 1. The zero-order chi connectivity index (χ0) is 20.5. The van der Waals surface area contributed by atoms with Gasteiger partial charge in [0.2, 0.25) is 11.7 Å². The van der Waals surface area contributed by atoms with Gasteiger partial charge < -0.3 is 19.5 Å². The number of nitrogens with zero attached hydrogens (tertiary/aromatic N) is 2. The van der Waals surface area contributed by atoms with E-state index in [4.69, 9.17) is 25.8 Å². The molecule has 0 saturated carbocycles. The van der Waals surface area contributed by atoms with Crippen molar-refractivity contribution in [3.8, 4) is 22.9 Å². The second-order valence-corrected chi connectivity index (χ2v) is 6.95. The third kappa shape index (κ3) is 3.17. The number of rotatable bonds is 5. The summed E-state index contributed by atoms with van der Waals surface area (Å²) in [5.41, 5.74) is 2.38. The van der Waals surface area contributed by atoms with Crippen LogP contribution in [0.15, 0.2) is 42.6 Å². The summed E-state index contributed by atoms with van der Waals surface area (Å²) in [7, 11) is 4.69. The summed E-state index contributed by atoms with van der Waals surface area (Å²) in [5.74, 6) is 1.79. The number of hydrogen-bond acceptors (Lipinski definition) is 5. The van der Waals surface area contributed by atoms with Gasteiger partial charge in [0.15, 0.2) is 11.5 Å². The van der Waals surface area contributed by atoms with Gasteiger partial charge in [0, 0.05) is 23.5 Å². The summed E-state index contributed by atoms with van der Waals surface area (Å²) >= 11 is 6.34. The Morgan fingerprint density at radius 3 is 2.48 bits per heavy atom. The molecule has 1 aliphatic rings. The van der Waals surface area contributed by atoms with E-state index in [1.807, 2.05) is 24.3 Å². The minimum atomic E-state index is -0.259. The molecule has 0 fully saturated rings. The molecule has 1 aromatic heterocycles. The Bertz CT molecular complexity index is 1080. The van der Waals surface area contributed by atoms with E-state index < -0.39 is 0 Å². The van der Waals surface area contributed by atoms with Gasteiger partial charge in [-0.1, -0.05) is 29.8 Å². The van der Waals surface area contributed by atoms with Crippen LogP contribution in [0.2, 0.25) is 5.02 Å². The number of fused-ring (bicyclic) bond motifs is 1. The van der Waals surface area contributed by atoms with Crippen molar-refractivity contribution in [2.24, 2.45) is 0 Å². The third-order valence-corrected chi connectivity index (χ3v) is 5.33. The predicted octanol–water partition coefficient (Wildman–Crippen LogP) is 4.03. The van der Waals surface area contributed by atoms with Crippen molar-refractivity contribution in [1.82, 2.24) is 9.78 Å². The summed E-state index contributed by atoms with van der Waals surface area (Å²) in [6, 6.07) is 11.0. The fourth-order valence-corrected chi connectivity index (χ4v) is 3.92. The van der Waals surface area contributed by atoms with Crippen LogP contribution < -0.4 is 19.5 Å². The van der Waals surface area contributed by atoms with Crippen LogP contribution in [0.1, 0.15) is 23.5 Å². The second kappa shape index (κ2) is 7.67. The summed E-state index contributed by atoms with van der Waals surface area (Å²) < 4.78 is 18.2. The van der Waals surface area contributed by atoms with Gasteiger partial charge in [-0.05, 0) is 18.2 Å². The summed E-state index contributed by atoms with van der Waals surface area (Å²) in [5, 5.41) is 7.96. The first-order chi connectivity index (χ1) is 14.1. The van der Waals surface area contributed by atoms with Crippen molar-refractivity contribution in [3.05, 3.63) is 58.7 Å². The lowest BCUT2D eigenvalue weighted by Crippen LogP contribution is -2.25. The second-order valence-electron chi connectivity index (χ2n) is 6.54. The van der Waals surface area contributed by atoms with Gasteiger partial charge in [-0.2, -0.15) is 5.10 Å². The predicted molar refractivity (Wildman–Crippen MR) is 110 cm³/mol. The van der Waals surface area contributed by atoms with Crippen LogP contribution in [0.3, 0.4) is 0 Å². The molecule has 3 aromatic rings. The van der Waals surface area contributed by atoms with E-state index in [2.05, 4.69) is 10.4 Å². The molecular formula is C21H20ClN3O4. The minimum Gasteiger partial charge on any atom is -0.493 e. The molecule has 1 N–H and O–H groups in total. The van der Waals surface area contributed by atoms with Gasteiger partial charge in [0.1, 0.15) is 5.82 Å². The van der Waals surface area contributed by atoms with Crippen molar-refractivity contribution in [2.45, 2.75) is 12.3 Å². The number of halogens is 1. The number of nitrogens with one attached hydrogen (secondary N) is 1. The van der Waals surface area contributed by atoms with Gasteiger partial charge in [-0.3, -0.25) is 4.79 Å². The van der Waals surface area contributed by atoms with Gasteiger partial charge in [-0.25, -0.2) is 4.68 Å². The number of benzene rings is 2. The number of carbonyl (C=O) groups is 1. The van der Waals surface area contributed by atoms with Crippen LogP contribution in [0.4, 0.5) is 5.82 Å². The normalized spacial score (nSPS) is 15.4. The Labute approximate surface area is 173 Å². The molecule has 1 unspecified atom stereocenters. The highest BCUT2D eigenvalue weighted by Gasteiger charge is 2.33. The first kappa shape index (κ1) is 19.1. The van der Waals surface area contributed by atoms with Crippen LogP contribution >= 0.6 is 11.6 Å². The van der Waals surface area contributed by atoms with Crippen molar-refractivity contribution in [1.29, 1.82) is 0 Å². The van der Waals surface area contributed by atoms with Crippen LogP contribution in [-0.2, 0) is 4.79 Å². The standard InChI is InChI=1S/C21H20ClN3O4/c1-27-17-9-8-12(19(28-2)20(17)29-3)13-10-18(26)24-21-14(13)11-23-25(21)16-7-5-4-6-15(16)22/h4-9,11,13H,10H2,1-3H3,(H,24,26). The molecule has 2 aromatic carbocycles. The van der Waals surface area contributed by atoms with Crippen LogP contribution in [0, 0.1) is 0 Å². The van der Waals surface area contributed by atoms with Crippen molar-refractivity contribution in [2.75, 3.05) is 26.6 Å². The van der Waals surface area contributed by atoms with Crippen molar-refractivity contribution in [3.63, 3.8) is 0 Å². The van der Waals surface area contributed by atoms with Gasteiger partial charge in [-0.15, -0.1) is 0 Å². The quantitative estimate of drug-likeness (QED) is 0.683. The SMILES string of the molecule is COc1ccc(C2CC(=O)Nc3c2cnn3-c2ccccc2Cl)c(OC)c1OC. The molecule has 7 nitrogen and oxygen atoms in total. The molecular weight excluding hydrogens is 394 g/mol. The minimum absolute atomic E-state index is 0.117. The fraction of sp³-hybridized carbons (Fsp3) is 0.238. The molecule has 0 saturated heterocycles. The Hall–Kier alpha value is -3.19. The van der Waals surface area contributed by atoms with Gasteiger partial charge >= 0.3 is 0 Å². The first-order valence-electron chi connectivity index (χ1n) is 9.00. The summed E-state index contributed by atoms with van der Waals surface area (Å²) in [6.45, 7) is 0. The average Bonchev–Trinajstić information content (AvgIpc) is 3.15. The lowest BCUT2D eigenvalue weighted by atomic mass is 9.86. The zero-order valence-electron chi connectivity index (χ0n) is 16.2. The van der Waals surface area contributed by atoms with Gasteiger partial charge in [0.05, 0.1) is 38.2 Å². The Kier molecular flexibility index (Phi) is 5.07. The van der Waals surface area contributed by atoms with Crippen LogP contribution in [0.25, 0.3) is 5.69 Å². The molecule has 1 amide bonds. The smallest absolute Gasteiger partial charge is 0.226 e. The molecule has 8 heteroatoms. The number of ether oxygens (including phenoxy) is 3. The van der Waals surface area contributed by atoms with E-state index >= 15 is 0 Å². The molecule has 4 rings (SSSR count). The highest BCUT2D eigenvalue weighted by atomic mass is 35.5. The Balaban J connectivity index is 1.88. The lowest BCUT2D eigenvalue weighted by molar-refractivity contribution is -0.116. The van der Waals surface area contributed by atoms with E-state index in [0.29, 0.717) is 33.8 Å². The molecule has 29 heavy (non-hydrogen) atoms. The summed E-state index contributed by atoms with van der Waals surface area (Å²) in [6.07, 6.45) is 2.01. The van der Waals surface area contributed by atoms with E-state index in [9.17, 15) is 4.79 Å². The highest BCUT2D eigenvalue weighted by Crippen LogP contribution is 2.47. The van der Waals surface area contributed by atoms with Crippen LogP contribution in [-0.4, -0.2) is 37.0 Å². The number of anilines is 1. The first-order valence-corrected chi connectivity index (χ1v) is 9.38. The number of para-hydroxylation sites is 1. The summed E-state index contributed by atoms with van der Waals surface area (Å²) in [4.78, 5) is 12.6. The maximum absolute atomic E-state index is 12.6. The topological polar surface area (TPSA) is 74.6 Å². The molecule has 1 atom stereocenters. The molecule has 0 radical (unpaired) electrons. The Morgan fingerprint density at radius 1 is 1.03 bits per heavy atom. The van der Waals surface area contributed by atoms with Crippen molar-refractivity contribution >= 4 is 23.3 Å². The zero-order valence-corrected chi connectivity index (χ0v) is 17.0. The van der Waals surface area contributed by atoms with E-state index in [0.717, 1.165) is 11.1 Å². The van der Waals surface area contributed by atoms with E-state index in [1.54, 1.807) is 44.3 Å². The van der Waals surface area contributed by atoms with Crippen molar-refractivity contribution < 1.29 is 19.0 Å². The lowest BCUT2D eigenvalue weighted by Gasteiger charge is -2.26. The molecule has 0 aliphatic carbocycles. The number of carbonyl (C=O) groups excluding carboxylic acids is 1. The number of hydrogen-bond donors (Lipinski definition) is 1. The van der Waals surface area contributed by atoms with Gasteiger partial charge in [0.25, 0.3) is 0 Å². The number of aromatic nitrogens is 2. The molecule has 1 aliphatic heterocycles. The highest BCUT2D eigenvalue weighted by molar-refractivity contribution is 6.32. The maximum Gasteiger partial charge on any atom is 0.226 e. The fourth-order valence-electron chi connectivity index (χ4n) is 3.70.